The molecular weight excluding hydrogens is 692 g/mol. The van der Waals surface area contributed by atoms with Crippen LogP contribution in [-0.2, 0) is 11.8 Å². The first-order valence-electron chi connectivity index (χ1n) is 16.5. The average molecular weight is 731 g/mol. The number of amides is 3. The SMILES string of the molecule is COc1ccc(N(C(=O)Nc2ccc(F)cc2)C(C)c2nc3ccccc3c(=O)n2N2CCN(C(=O)OCCSc3nccn3C)CC2)c(OC)c1. The normalized spacial score (nSPS) is 13.5. The molecule has 1 aliphatic rings. The minimum atomic E-state index is -0.862. The van der Waals surface area contributed by atoms with E-state index in [1.807, 2.05) is 22.8 Å². The van der Waals surface area contributed by atoms with Crippen LogP contribution in [0.4, 0.5) is 25.4 Å². The monoisotopic (exact) mass is 730 g/mol. The third kappa shape index (κ3) is 7.76. The predicted octanol–water partition coefficient (Wildman–Crippen LogP) is 5.27. The van der Waals surface area contributed by atoms with Gasteiger partial charge in [0.05, 0.1) is 49.9 Å². The van der Waals surface area contributed by atoms with Gasteiger partial charge >= 0.3 is 12.1 Å². The number of anilines is 2. The van der Waals surface area contributed by atoms with Gasteiger partial charge in [0.15, 0.2) is 11.0 Å². The van der Waals surface area contributed by atoms with Crippen molar-refractivity contribution in [2.45, 2.75) is 18.1 Å². The molecule has 5 aromatic rings. The number of rotatable bonds is 11. The maximum Gasteiger partial charge on any atom is 0.409 e. The topological polar surface area (TPSA) is 136 Å². The van der Waals surface area contributed by atoms with Gasteiger partial charge in [0.25, 0.3) is 5.56 Å². The second-order valence-corrected chi connectivity index (χ2v) is 12.9. The summed E-state index contributed by atoms with van der Waals surface area (Å²) in [7, 11) is 4.91. The molecule has 1 saturated heterocycles. The van der Waals surface area contributed by atoms with Gasteiger partial charge in [-0.05, 0) is 55.5 Å². The summed E-state index contributed by atoms with van der Waals surface area (Å²) in [6.45, 7) is 3.16. The molecule has 272 valence electrons. The number of carbonyl (C=O) groups excluding carboxylic acids is 2. The summed E-state index contributed by atoms with van der Waals surface area (Å²) in [5.41, 5.74) is 0.864. The number of benzene rings is 3. The number of thioether (sulfide) groups is 1. The number of ether oxygens (including phenoxy) is 3. The van der Waals surface area contributed by atoms with Crippen molar-refractivity contribution < 1.29 is 28.2 Å². The molecule has 6 rings (SSSR count). The van der Waals surface area contributed by atoms with E-state index in [0.717, 1.165) is 5.16 Å². The van der Waals surface area contributed by atoms with Crippen LogP contribution in [0, 0.1) is 5.82 Å². The molecule has 2 aromatic heterocycles. The number of hydrogen-bond donors (Lipinski definition) is 1. The van der Waals surface area contributed by atoms with E-state index in [0.29, 0.717) is 65.7 Å². The highest BCUT2D eigenvalue weighted by atomic mass is 32.2. The van der Waals surface area contributed by atoms with Crippen LogP contribution in [0.5, 0.6) is 11.5 Å². The van der Waals surface area contributed by atoms with Crippen molar-refractivity contribution in [2.75, 3.05) is 68.0 Å². The molecule has 16 heteroatoms. The number of nitrogens with zero attached hydrogens (tertiary/aromatic N) is 7. The Morgan fingerprint density at radius 1 is 1.02 bits per heavy atom. The van der Waals surface area contributed by atoms with Gasteiger partial charge < -0.3 is 34.0 Å². The van der Waals surface area contributed by atoms with Gasteiger partial charge in [-0.25, -0.2) is 28.6 Å². The maximum atomic E-state index is 14.3. The molecule has 0 saturated carbocycles. The van der Waals surface area contributed by atoms with Crippen molar-refractivity contribution in [1.29, 1.82) is 0 Å². The summed E-state index contributed by atoms with van der Waals surface area (Å²) in [5.74, 6) is 1.23. The Labute approximate surface area is 303 Å². The standard InChI is InChI=1S/C36H39FN8O6S/c1-24(44(30-14-13-27(49-3)23-31(30)50-4)34(47)39-26-11-9-25(37)10-12-26)32-40-29-8-6-5-7-28(29)33(46)45(32)43-19-17-42(18-20-43)36(48)51-21-22-52-35-38-15-16-41(35)2/h5-16,23-24H,17-22H2,1-4H3,(H,39,47). The quantitative estimate of drug-likeness (QED) is 0.142. The van der Waals surface area contributed by atoms with Crippen molar-refractivity contribution in [3.63, 3.8) is 0 Å². The molecular formula is C36H39FN8O6S. The van der Waals surface area contributed by atoms with Gasteiger partial charge in [0.1, 0.15) is 23.9 Å². The van der Waals surface area contributed by atoms with E-state index in [9.17, 15) is 18.8 Å². The zero-order valence-electron chi connectivity index (χ0n) is 29.2. The lowest BCUT2D eigenvalue weighted by Gasteiger charge is -2.38. The van der Waals surface area contributed by atoms with Gasteiger partial charge in [-0.1, -0.05) is 23.9 Å². The Morgan fingerprint density at radius 2 is 1.77 bits per heavy atom. The number of hydrogen-bond acceptors (Lipinski definition) is 10. The molecule has 14 nitrogen and oxygen atoms in total. The lowest BCUT2D eigenvalue weighted by Crippen LogP contribution is -2.57. The number of nitrogens with one attached hydrogen (secondary N) is 1. The van der Waals surface area contributed by atoms with Gasteiger partial charge in [-0.15, -0.1) is 0 Å². The summed E-state index contributed by atoms with van der Waals surface area (Å²) < 4.78 is 33.8. The van der Waals surface area contributed by atoms with Crippen LogP contribution in [0.25, 0.3) is 10.9 Å². The van der Waals surface area contributed by atoms with Crippen LogP contribution < -0.4 is 30.3 Å². The maximum absolute atomic E-state index is 14.3. The van der Waals surface area contributed by atoms with E-state index in [-0.39, 0.29) is 18.0 Å². The Balaban J connectivity index is 1.30. The zero-order chi connectivity index (χ0) is 36.8. The number of fused-ring (bicyclic) bond motifs is 1. The summed E-state index contributed by atoms with van der Waals surface area (Å²) in [4.78, 5) is 53.7. The van der Waals surface area contributed by atoms with E-state index in [2.05, 4.69) is 10.3 Å². The number of para-hydroxylation sites is 1. The van der Waals surface area contributed by atoms with E-state index < -0.39 is 24.0 Å². The first kappa shape index (κ1) is 36.0. The molecule has 1 fully saturated rings. The highest BCUT2D eigenvalue weighted by Crippen LogP contribution is 2.37. The van der Waals surface area contributed by atoms with Crippen LogP contribution >= 0.6 is 11.8 Å². The van der Waals surface area contributed by atoms with E-state index in [4.69, 9.17) is 19.2 Å². The van der Waals surface area contributed by atoms with Gasteiger partial charge in [-0.3, -0.25) is 9.69 Å². The lowest BCUT2D eigenvalue weighted by atomic mass is 10.1. The lowest BCUT2D eigenvalue weighted by molar-refractivity contribution is 0.103. The highest BCUT2D eigenvalue weighted by molar-refractivity contribution is 7.99. The van der Waals surface area contributed by atoms with Gasteiger partial charge in [-0.2, -0.15) is 0 Å². The van der Waals surface area contributed by atoms with Crippen LogP contribution in [0.1, 0.15) is 18.8 Å². The summed E-state index contributed by atoms with van der Waals surface area (Å²) in [6, 6.07) is 16.0. The smallest absolute Gasteiger partial charge is 0.409 e. The van der Waals surface area contributed by atoms with E-state index in [1.165, 1.54) is 59.8 Å². The van der Waals surface area contributed by atoms with Crippen LogP contribution in [0.15, 0.2) is 89.1 Å². The molecule has 1 N–H and O–H groups in total. The van der Waals surface area contributed by atoms with Crippen molar-refractivity contribution in [3.05, 3.63) is 101 Å². The molecule has 52 heavy (non-hydrogen) atoms. The number of carbonyl (C=O) groups is 2. The molecule has 1 atom stereocenters. The fourth-order valence-corrected chi connectivity index (χ4v) is 6.67. The van der Waals surface area contributed by atoms with Gasteiger partial charge in [0, 0.05) is 50.0 Å². The summed E-state index contributed by atoms with van der Waals surface area (Å²) in [6.07, 6.45) is 3.13. The molecule has 0 bridgehead atoms. The van der Waals surface area contributed by atoms with E-state index in [1.54, 1.807) is 60.5 Å². The Morgan fingerprint density at radius 3 is 2.46 bits per heavy atom. The van der Waals surface area contributed by atoms with Crippen molar-refractivity contribution >= 4 is 46.2 Å². The predicted molar refractivity (Wildman–Crippen MR) is 197 cm³/mol. The Bertz CT molecular complexity index is 2100. The highest BCUT2D eigenvalue weighted by Gasteiger charge is 2.33. The number of aromatic nitrogens is 4. The molecule has 0 spiro atoms. The van der Waals surface area contributed by atoms with Gasteiger partial charge in [0.2, 0.25) is 0 Å². The first-order chi connectivity index (χ1) is 25.2. The molecule has 0 aliphatic carbocycles. The van der Waals surface area contributed by atoms with Crippen LogP contribution in [-0.4, -0.2) is 89.0 Å². The third-order valence-electron chi connectivity index (χ3n) is 8.61. The number of imidazole rings is 1. The van der Waals surface area contributed by atoms with Crippen molar-refractivity contribution in [3.8, 4) is 11.5 Å². The fraction of sp³-hybridized carbons (Fsp3) is 0.306. The van der Waals surface area contributed by atoms with E-state index >= 15 is 0 Å². The number of piperazine rings is 1. The van der Waals surface area contributed by atoms with Crippen molar-refractivity contribution in [1.82, 2.24) is 24.1 Å². The largest absolute Gasteiger partial charge is 0.497 e. The number of methoxy groups -OCH3 is 2. The second kappa shape index (κ2) is 16.1. The number of halogens is 1. The first-order valence-corrected chi connectivity index (χ1v) is 17.5. The minimum Gasteiger partial charge on any atom is -0.497 e. The van der Waals surface area contributed by atoms with Crippen LogP contribution in [0.2, 0.25) is 0 Å². The third-order valence-corrected chi connectivity index (χ3v) is 9.64. The molecule has 3 aromatic carbocycles. The van der Waals surface area contributed by atoms with Crippen LogP contribution in [0.3, 0.4) is 0 Å². The fourth-order valence-electron chi connectivity index (χ4n) is 5.92. The minimum absolute atomic E-state index is 0.219. The summed E-state index contributed by atoms with van der Waals surface area (Å²) >= 11 is 1.50. The average Bonchev–Trinajstić information content (AvgIpc) is 3.58. The van der Waals surface area contributed by atoms with Crippen molar-refractivity contribution in [2.24, 2.45) is 7.05 Å². The number of urea groups is 1. The molecule has 1 aliphatic heterocycles. The number of aryl methyl sites for hydroxylation is 1. The Kier molecular flexibility index (Phi) is 11.1. The Hall–Kier alpha value is -5.77. The second-order valence-electron chi connectivity index (χ2n) is 11.8. The summed E-state index contributed by atoms with van der Waals surface area (Å²) in [5, 5.41) is 5.90. The molecule has 3 amide bonds. The molecule has 1 unspecified atom stereocenters. The molecule has 0 radical (unpaired) electrons. The molecule has 3 heterocycles. The zero-order valence-corrected chi connectivity index (χ0v) is 30.0.